The monoisotopic (exact) mass is 220 g/mol. The maximum absolute atomic E-state index is 4.47. The molecule has 0 radical (unpaired) electrons. The van der Waals surface area contributed by atoms with Crippen LogP contribution in [0.3, 0.4) is 0 Å². The van der Waals surface area contributed by atoms with Crippen LogP contribution in [-0.4, -0.2) is 12.1 Å². The smallest absolute Gasteiger partial charge is 0.0740 e. The van der Waals surface area contributed by atoms with Gasteiger partial charge < -0.3 is 0 Å². The summed E-state index contributed by atoms with van der Waals surface area (Å²) < 4.78 is 0. The van der Waals surface area contributed by atoms with Gasteiger partial charge in [0.2, 0.25) is 0 Å². The number of azo groups is 1. The molecule has 0 saturated heterocycles. The number of allylic oxidation sites excluding steroid dienone is 2. The van der Waals surface area contributed by atoms with Crippen molar-refractivity contribution < 1.29 is 0 Å². The first-order valence-corrected chi connectivity index (χ1v) is 6.56. The largest absolute Gasteiger partial charge is 0.190 e. The lowest BCUT2D eigenvalue weighted by molar-refractivity contribution is 0.552. The maximum Gasteiger partial charge on any atom is 0.0740 e. The van der Waals surface area contributed by atoms with Crippen molar-refractivity contribution in [3.05, 3.63) is 24.3 Å². The molecule has 0 spiro atoms. The van der Waals surface area contributed by atoms with Gasteiger partial charge in [0.15, 0.2) is 0 Å². The Morgan fingerprint density at radius 1 is 0.812 bits per heavy atom. The lowest BCUT2D eigenvalue weighted by atomic mass is 10.1. The Labute approximate surface area is 99.5 Å². The van der Waals surface area contributed by atoms with Gasteiger partial charge in [-0.05, 0) is 38.5 Å². The summed E-state index contributed by atoms with van der Waals surface area (Å²) in [7, 11) is 0. The number of rotatable bonds is 2. The van der Waals surface area contributed by atoms with Crippen LogP contribution in [0.4, 0.5) is 0 Å². The molecular formula is C14H24N2. The average Bonchev–Trinajstić information content (AvgIpc) is 2.30. The van der Waals surface area contributed by atoms with Crippen molar-refractivity contribution in [3.8, 4) is 0 Å². The highest BCUT2D eigenvalue weighted by Crippen LogP contribution is 2.12. The van der Waals surface area contributed by atoms with Gasteiger partial charge in [-0.25, -0.2) is 0 Å². The van der Waals surface area contributed by atoms with Crippen LogP contribution in [-0.2, 0) is 0 Å². The summed E-state index contributed by atoms with van der Waals surface area (Å²) in [5.41, 5.74) is 0. The minimum atomic E-state index is 0.383. The molecule has 16 heavy (non-hydrogen) atoms. The minimum Gasteiger partial charge on any atom is -0.190 e. The van der Waals surface area contributed by atoms with Crippen LogP contribution < -0.4 is 0 Å². The van der Waals surface area contributed by atoms with E-state index in [4.69, 9.17) is 0 Å². The highest BCUT2D eigenvalue weighted by molar-refractivity contribution is 4.92. The lowest BCUT2D eigenvalue weighted by Crippen LogP contribution is -2.05. The van der Waals surface area contributed by atoms with Crippen LogP contribution in [0.15, 0.2) is 34.5 Å². The zero-order chi connectivity index (χ0) is 11.6. The Kier molecular flexibility index (Phi) is 6.78. The van der Waals surface area contributed by atoms with Gasteiger partial charge in [-0.15, -0.1) is 0 Å². The van der Waals surface area contributed by atoms with Gasteiger partial charge in [-0.3, -0.25) is 0 Å². The summed E-state index contributed by atoms with van der Waals surface area (Å²) in [4.78, 5) is 0. The molecule has 90 valence electrons. The van der Waals surface area contributed by atoms with Crippen LogP contribution in [0.1, 0.15) is 52.4 Å². The molecular weight excluding hydrogens is 196 g/mol. The summed E-state index contributed by atoms with van der Waals surface area (Å²) in [5.74, 6) is 0. The van der Waals surface area contributed by atoms with Gasteiger partial charge >= 0.3 is 0 Å². The van der Waals surface area contributed by atoms with Crippen molar-refractivity contribution in [2.24, 2.45) is 10.2 Å². The standard InChI is InChI=1S/C14H24N2/c1-3-13-11-9-7-5-6-8-10-12-14(4-2)16-15-13/h7-10,13-14H,3-6,11-12H2,1-2H3. The molecule has 1 aliphatic rings. The third kappa shape index (κ3) is 5.24. The number of hydrogen-bond acceptors (Lipinski definition) is 2. The van der Waals surface area contributed by atoms with Crippen LogP contribution in [0.5, 0.6) is 0 Å². The van der Waals surface area contributed by atoms with E-state index in [9.17, 15) is 0 Å². The molecule has 1 aliphatic heterocycles. The van der Waals surface area contributed by atoms with Crippen molar-refractivity contribution in [1.82, 2.24) is 0 Å². The topological polar surface area (TPSA) is 24.7 Å². The maximum atomic E-state index is 4.47. The summed E-state index contributed by atoms with van der Waals surface area (Å²) in [5, 5.41) is 8.94. The molecule has 0 aromatic rings. The van der Waals surface area contributed by atoms with Gasteiger partial charge in [0, 0.05) is 0 Å². The van der Waals surface area contributed by atoms with Crippen LogP contribution >= 0.6 is 0 Å². The van der Waals surface area contributed by atoms with Gasteiger partial charge in [0.05, 0.1) is 12.1 Å². The third-order valence-electron chi connectivity index (χ3n) is 2.99. The number of nitrogens with zero attached hydrogens (tertiary/aromatic N) is 2. The first-order chi connectivity index (χ1) is 7.86. The van der Waals surface area contributed by atoms with Gasteiger partial charge in [-0.1, -0.05) is 38.2 Å². The lowest BCUT2D eigenvalue weighted by Gasteiger charge is -2.09. The Balaban J connectivity index is 2.62. The summed E-state index contributed by atoms with van der Waals surface area (Å²) in [6, 6.07) is 0.766. The fourth-order valence-corrected chi connectivity index (χ4v) is 1.71. The van der Waals surface area contributed by atoms with Crippen molar-refractivity contribution in [3.63, 3.8) is 0 Å². The molecule has 0 aliphatic carbocycles. The molecule has 0 aromatic carbocycles. The Morgan fingerprint density at radius 3 is 1.62 bits per heavy atom. The summed E-state index contributed by atoms with van der Waals surface area (Å²) >= 11 is 0. The SMILES string of the molecule is CCC1CC=CCCC=CCC(CC)N=N1. The van der Waals surface area contributed by atoms with Crippen LogP contribution in [0.2, 0.25) is 0 Å². The zero-order valence-electron chi connectivity index (χ0n) is 10.6. The van der Waals surface area contributed by atoms with E-state index in [2.05, 4.69) is 48.4 Å². The van der Waals surface area contributed by atoms with Gasteiger partial charge in [0.25, 0.3) is 0 Å². The minimum absolute atomic E-state index is 0.383. The molecule has 1 rings (SSSR count). The number of hydrogen-bond donors (Lipinski definition) is 0. The van der Waals surface area contributed by atoms with E-state index in [1.54, 1.807) is 0 Å². The summed E-state index contributed by atoms with van der Waals surface area (Å²) in [6.07, 6.45) is 15.6. The zero-order valence-corrected chi connectivity index (χ0v) is 10.6. The highest BCUT2D eigenvalue weighted by atomic mass is 15.1. The molecule has 1 heterocycles. The van der Waals surface area contributed by atoms with E-state index in [-0.39, 0.29) is 0 Å². The van der Waals surface area contributed by atoms with E-state index in [1.807, 2.05) is 0 Å². The predicted molar refractivity (Wildman–Crippen MR) is 69.8 cm³/mol. The van der Waals surface area contributed by atoms with E-state index in [0.29, 0.717) is 12.1 Å². The van der Waals surface area contributed by atoms with Crippen LogP contribution in [0.25, 0.3) is 0 Å². The second-order valence-electron chi connectivity index (χ2n) is 4.35. The fourth-order valence-electron chi connectivity index (χ4n) is 1.71. The Hall–Kier alpha value is -0.920. The van der Waals surface area contributed by atoms with E-state index in [1.165, 1.54) is 0 Å². The van der Waals surface area contributed by atoms with Crippen molar-refractivity contribution in [2.75, 3.05) is 0 Å². The molecule has 0 saturated carbocycles. The molecule has 2 atom stereocenters. The van der Waals surface area contributed by atoms with Crippen molar-refractivity contribution in [1.29, 1.82) is 0 Å². The normalized spacial score (nSPS) is 27.4. The average molecular weight is 220 g/mol. The highest BCUT2D eigenvalue weighted by Gasteiger charge is 2.05. The molecule has 0 fully saturated rings. The quantitative estimate of drug-likeness (QED) is 0.603. The molecule has 0 bridgehead atoms. The van der Waals surface area contributed by atoms with E-state index < -0.39 is 0 Å². The van der Waals surface area contributed by atoms with E-state index in [0.717, 1.165) is 38.5 Å². The Bertz CT molecular complexity index is 227. The molecule has 2 heteroatoms. The first-order valence-electron chi connectivity index (χ1n) is 6.56. The molecule has 2 nitrogen and oxygen atoms in total. The summed E-state index contributed by atoms with van der Waals surface area (Å²) in [6.45, 7) is 4.37. The molecule has 0 N–H and O–H groups in total. The van der Waals surface area contributed by atoms with Crippen LogP contribution in [0, 0.1) is 0 Å². The molecule has 0 aromatic heterocycles. The first kappa shape index (κ1) is 13.1. The molecule has 0 amide bonds. The molecule has 2 unspecified atom stereocenters. The second kappa shape index (κ2) is 8.26. The van der Waals surface area contributed by atoms with Crippen molar-refractivity contribution >= 4 is 0 Å². The predicted octanol–water partition coefficient (Wildman–Crippen LogP) is 4.68. The van der Waals surface area contributed by atoms with Gasteiger partial charge in [-0.2, -0.15) is 10.2 Å². The second-order valence-corrected chi connectivity index (χ2v) is 4.35. The fraction of sp³-hybridized carbons (Fsp3) is 0.714. The van der Waals surface area contributed by atoms with Crippen molar-refractivity contribution in [2.45, 2.75) is 64.5 Å². The third-order valence-corrected chi connectivity index (χ3v) is 2.99. The van der Waals surface area contributed by atoms with Gasteiger partial charge in [0.1, 0.15) is 0 Å². The Morgan fingerprint density at radius 2 is 1.25 bits per heavy atom. The van der Waals surface area contributed by atoms with E-state index >= 15 is 0 Å².